The van der Waals surface area contributed by atoms with Crippen molar-refractivity contribution >= 4 is 12.0 Å². The predicted molar refractivity (Wildman–Crippen MR) is 70.4 cm³/mol. The highest BCUT2D eigenvalue weighted by molar-refractivity contribution is 5.85. The first kappa shape index (κ1) is 13.7. The number of ether oxygens (including phenoxy) is 1. The maximum absolute atomic E-state index is 13.8. The molecule has 0 aliphatic heterocycles. The number of nitro benzene ring substituents is 1. The van der Waals surface area contributed by atoms with E-state index in [9.17, 15) is 19.3 Å². The van der Waals surface area contributed by atoms with Crippen LogP contribution in [-0.4, -0.2) is 18.3 Å². The van der Waals surface area contributed by atoms with Gasteiger partial charge in [0.1, 0.15) is 11.6 Å². The second-order valence-corrected chi connectivity index (χ2v) is 3.99. The summed E-state index contributed by atoms with van der Waals surface area (Å²) in [4.78, 5) is 21.0. The number of nitro groups is 1. The lowest BCUT2D eigenvalue weighted by atomic mass is 10.0. The first-order valence-corrected chi connectivity index (χ1v) is 5.64. The van der Waals surface area contributed by atoms with Gasteiger partial charge in [-0.3, -0.25) is 14.9 Å². The molecule has 0 spiro atoms. The van der Waals surface area contributed by atoms with E-state index in [1.807, 2.05) is 0 Å². The van der Waals surface area contributed by atoms with Gasteiger partial charge in [0.15, 0.2) is 6.29 Å². The molecule has 5 nitrogen and oxygen atoms in total. The Morgan fingerprint density at radius 2 is 2.00 bits per heavy atom. The molecule has 0 saturated heterocycles. The molecule has 0 unspecified atom stereocenters. The van der Waals surface area contributed by atoms with Gasteiger partial charge in [0.05, 0.1) is 17.6 Å². The number of halogens is 1. The minimum atomic E-state index is -0.657. The van der Waals surface area contributed by atoms with Gasteiger partial charge < -0.3 is 4.74 Å². The number of nitrogens with zero attached hydrogens (tertiary/aromatic N) is 1. The number of hydrogen-bond acceptors (Lipinski definition) is 4. The third-order valence-corrected chi connectivity index (χ3v) is 2.84. The van der Waals surface area contributed by atoms with E-state index in [-0.39, 0.29) is 16.8 Å². The zero-order valence-electron chi connectivity index (χ0n) is 10.5. The first-order chi connectivity index (χ1) is 9.56. The summed E-state index contributed by atoms with van der Waals surface area (Å²) in [5.74, 6) is -0.0519. The molecule has 0 saturated carbocycles. The molecule has 0 atom stereocenters. The summed E-state index contributed by atoms with van der Waals surface area (Å²) in [5.41, 5.74) is 0.165. The van der Waals surface area contributed by atoms with E-state index in [0.717, 1.165) is 0 Å². The number of hydrogen-bond donors (Lipinski definition) is 0. The quantitative estimate of drug-likeness (QED) is 0.488. The SMILES string of the molecule is COc1ccc(F)c(-c2ccc([N+](=O)[O-])c(C=O)c2)c1. The topological polar surface area (TPSA) is 69.4 Å². The smallest absolute Gasteiger partial charge is 0.279 e. The van der Waals surface area contributed by atoms with E-state index in [1.165, 1.54) is 43.5 Å². The van der Waals surface area contributed by atoms with Crippen molar-refractivity contribution in [2.75, 3.05) is 7.11 Å². The third-order valence-electron chi connectivity index (χ3n) is 2.84. The normalized spacial score (nSPS) is 10.1. The Kier molecular flexibility index (Phi) is 3.74. The molecule has 2 aromatic rings. The van der Waals surface area contributed by atoms with Crippen molar-refractivity contribution in [2.24, 2.45) is 0 Å². The monoisotopic (exact) mass is 275 g/mol. The van der Waals surface area contributed by atoms with Crippen molar-refractivity contribution < 1.29 is 18.8 Å². The molecule has 0 amide bonds. The highest BCUT2D eigenvalue weighted by Crippen LogP contribution is 2.30. The van der Waals surface area contributed by atoms with E-state index in [0.29, 0.717) is 17.6 Å². The molecule has 0 aliphatic carbocycles. The zero-order chi connectivity index (χ0) is 14.7. The number of carbonyl (C=O) groups is 1. The average Bonchev–Trinajstić information content (AvgIpc) is 2.47. The van der Waals surface area contributed by atoms with Crippen molar-refractivity contribution in [3.8, 4) is 16.9 Å². The van der Waals surface area contributed by atoms with Gasteiger partial charge in [-0.15, -0.1) is 0 Å². The van der Waals surface area contributed by atoms with Crippen molar-refractivity contribution in [3.05, 3.63) is 57.9 Å². The summed E-state index contributed by atoms with van der Waals surface area (Å²) in [6.07, 6.45) is 0.375. The van der Waals surface area contributed by atoms with Crippen LogP contribution in [0.1, 0.15) is 10.4 Å². The van der Waals surface area contributed by atoms with E-state index < -0.39 is 10.7 Å². The Labute approximate surface area is 113 Å². The van der Waals surface area contributed by atoms with E-state index in [4.69, 9.17) is 4.74 Å². The van der Waals surface area contributed by atoms with Crippen LogP contribution in [0.3, 0.4) is 0 Å². The fraction of sp³-hybridized carbons (Fsp3) is 0.0714. The minimum absolute atomic E-state index is 0.102. The molecular weight excluding hydrogens is 265 g/mol. The van der Waals surface area contributed by atoms with Crippen LogP contribution in [-0.2, 0) is 0 Å². The molecule has 6 heteroatoms. The fourth-order valence-electron chi connectivity index (χ4n) is 1.84. The van der Waals surface area contributed by atoms with Crippen LogP contribution in [0.2, 0.25) is 0 Å². The van der Waals surface area contributed by atoms with Crippen LogP contribution in [0.15, 0.2) is 36.4 Å². The summed E-state index contributed by atoms with van der Waals surface area (Å²) in [6.45, 7) is 0. The largest absolute Gasteiger partial charge is 0.497 e. The number of carbonyl (C=O) groups excluding carboxylic acids is 1. The van der Waals surface area contributed by atoms with Crippen LogP contribution < -0.4 is 4.74 Å². The van der Waals surface area contributed by atoms with Gasteiger partial charge in [-0.1, -0.05) is 0 Å². The molecule has 2 aromatic carbocycles. The summed E-state index contributed by atoms with van der Waals surface area (Å²) in [5, 5.41) is 10.7. The fourth-order valence-corrected chi connectivity index (χ4v) is 1.84. The van der Waals surface area contributed by atoms with E-state index in [1.54, 1.807) is 0 Å². The van der Waals surface area contributed by atoms with Crippen LogP contribution in [0.4, 0.5) is 10.1 Å². The molecule has 0 N–H and O–H groups in total. The molecule has 102 valence electrons. The van der Waals surface area contributed by atoms with E-state index in [2.05, 4.69) is 0 Å². The number of rotatable bonds is 4. The highest BCUT2D eigenvalue weighted by atomic mass is 19.1. The van der Waals surface area contributed by atoms with Crippen LogP contribution in [0, 0.1) is 15.9 Å². The molecule has 0 bridgehead atoms. The van der Waals surface area contributed by atoms with Gasteiger partial charge in [0, 0.05) is 11.6 Å². The maximum Gasteiger partial charge on any atom is 0.279 e. The summed E-state index contributed by atoms with van der Waals surface area (Å²) in [7, 11) is 1.45. The van der Waals surface area contributed by atoms with Gasteiger partial charge in [-0.25, -0.2) is 4.39 Å². The van der Waals surface area contributed by atoms with Crippen LogP contribution in [0.5, 0.6) is 5.75 Å². The Balaban J connectivity index is 2.59. The van der Waals surface area contributed by atoms with Crippen LogP contribution in [0.25, 0.3) is 11.1 Å². The minimum Gasteiger partial charge on any atom is -0.497 e. The van der Waals surface area contributed by atoms with Crippen LogP contribution >= 0.6 is 0 Å². The van der Waals surface area contributed by atoms with Gasteiger partial charge in [-0.05, 0) is 35.9 Å². The Morgan fingerprint density at radius 3 is 2.60 bits per heavy atom. The highest BCUT2D eigenvalue weighted by Gasteiger charge is 2.15. The van der Waals surface area contributed by atoms with E-state index >= 15 is 0 Å². The van der Waals surface area contributed by atoms with Gasteiger partial charge >= 0.3 is 0 Å². The molecular formula is C14H10FNO4. The zero-order valence-corrected chi connectivity index (χ0v) is 10.5. The van der Waals surface area contributed by atoms with Gasteiger partial charge in [0.25, 0.3) is 5.69 Å². The van der Waals surface area contributed by atoms with Gasteiger partial charge in [0.2, 0.25) is 0 Å². The molecule has 0 aromatic heterocycles. The summed E-state index contributed by atoms with van der Waals surface area (Å²) >= 11 is 0. The lowest BCUT2D eigenvalue weighted by Crippen LogP contribution is -1.95. The molecule has 20 heavy (non-hydrogen) atoms. The first-order valence-electron chi connectivity index (χ1n) is 5.64. The second-order valence-electron chi connectivity index (χ2n) is 3.99. The molecule has 0 fully saturated rings. The molecule has 0 radical (unpaired) electrons. The number of methoxy groups -OCH3 is 1. The Morgan fingerprint density at radius 1 is 1.25 bits per heavy atom. The van der Waals surface area contributed by atoms with Crippen molar-refractivity contribution in [3.63, 3.8) is 0 Å². The van der Waals surface area contributed by atoms with Crippen molar-refractivity contribution in [1.82, 2.24) is 0 Å². The summed E-state index contributed by atoms with van der Waals surface area (Å²) < 4.78 is 18.8. The Bertz CT molecular complexity index is 685. The Hall–Kier alpha value is -2.76. The molecule has 0 heterocycles. The average molecular weight is 275 g/mol. The molecule has 0 aliphatic rings. The number of aldehydes is 1. The predicted octanol–water partition coefficient (Wildman–Crippen LogP) is 3.22. The molecule has 2 rings (SSSR count). The van der Waals surface area contributed by atoms with Gasteiger partial charge in [-0.2, -0.15) is 0 Å². The second kappa shape index (κ2) is 5.48. The third kappa shape index (κ3) is 2.49. The number of benzene rings is 2. The van der Waals surface area contributed by atoms with Crippen molar-refractivity contribution in [2.45, 2.75) is 0 Å². The standard InChI is InChI=1S/C14H10FNO4/c1-20-11-3-4-13(15)12(7-11)9-2-5-14(16(18)19)10(6-9)8-17/h2-8H,1H3. The lowest BCUT2D eigenvalue weighted by molar-refractivity contribution is -0.385. The lowest BCUT2D eigenvalue weighted by Gasteiger charge is -2.07. The summed E-state index contributed by atoms with van der Waals surface area (Å²) in [6, 6.07) is 8.01. The maximum atomic E-state index is 13.8. The van der Waals surface area contributed by atoms with Crippen molar-refractivity contribution in [1.29, 1.82) is 0 Å².